The molecule has 0 aliphatic carbocycles. The number of hydrogen-bond acceptors (Lipinski definition) is 7. The summed E-state index contributed by atoms with van der Waals surface area (Å²) in [5.74, 6) is 1.47. The van der Waals surface area contributed by atoms with Gasteiger partial charge in [-0.2, -0.15) is 0 Å². The van der Waals surface area contributed by atoms with Crippen molar-refractivity contribution in [3.8, 4) is 11.4 Å². The molecule has 5 aromatic rings. The summed E-state index contributed by atoms with van der Waals surface area (Å²) < 4.78 is 5.50. The van der Waals surface area contributed by atoms with Crippen LogP contribution in [0.25, 0.3) is 33.3 Å². The van der Waals surface area contributed by atoms with Crippen molar-refractivity contribution in [1.82, 2.24) is 24.9 Å². The van der Waals surface area contributed by atoms with Gasteiger partial charge in [-0.05, 0) is 43.2 Å². The maximum absolute atomic E-state index is 13.5. The van der Waals surface area contributed by atoms with Crippen molar-refractivity contribution in [1.29, 1.82) is 0 Å². The largest absolute Gasteiger partial charge is 0.378 e. The first-order valence-corrected chi connectivity index (χ1v) is 13.0. The Bertz CT molecular complexity index is 1670. The Kier molecular flexibility index (Phi) is 6.29. The minimum absolute atomic E-state index is 0.220. The maximum atomic E-state index is 13.5. The summed E-state index contributed by atoms with van der Waals surface area (Å²) in [6.07, 6.45) is 1.79. The van der Waals surface area contributed by atoms with Gasteiger partial charge in [0.15, 0.2) is 0 Å². The summed E-state index contributed by atoms with van der Waals surface area (Å²) in [5.41, 5.74) is 5.45. The number of H-pyrrole nitrogens is 2. The van der Waals surface area contributed by atoms with E-state index in [0.717, 1.165) is 59.6 Å². The van der Waals surface area contributed by atoms with Crippen molar-refractivity contribution in [3.05, 3.63) is 76.6 Å². The van der Waals surface area contributed by atoms with Crippen LogP contribution in [0.15, 0.2) is 59.5 Å². The SMILES string of the molecule is CC(C)c1ccnc([C@@H](C)Nc2c(-c3nc4ccc(N5CCOCC5)cc4[nH]3)c(=O)[nH]c3ccccc23)n1. The third-order valence-electron chi connectivity index (χ3n) is 7.04. The third kappa shape index (κ3) is 4.50. The summed E-state index contributed by atoms with van der Waals surface area (Å²) in [4.78, 5) is 36.3. The van der Waals surface area contributed by atoms with Crippen LogP contribution in [0.5, 0.6) is 0 Å². The van der Waals surface area contributed by atoms with E-state index in [1.54, 1.807) is 6.20 Å². The van der Waals surface area contributed by atoms with Gasteiger partial charge in [-0.15, -0.1) is 0 Å². The van der Waals surface area contributed by atoms with Crippen LogP contribution in [-0.2, 0) is 4.74 Å². The van der Waals surface area contributed by atoms with E-state index in [9.17, 15) is 4.79 Å². The fraction of sp³-hybridized carbons (Fsp3) is 0.310. The molecule has 1 fully saturated rings. The number of aromatic nitrogens is 5. The van der Waals surface area contributed by atoms with Gasteiger partial charge in [-0.1, -0.05) is 32.0 Å². The summed E-state index contributed by atoms with van der Waals surface area (Å²) in [6.45, 7) is 9.36. The van der Waals surface area contributed by atoms with Crippen molar-refractivity contribution >= 4 is 33.3 Å². The predicted octanol–water partition coefficient (Wildman–Crippen LogP) is 4.99. The molecule has 1 aliphatic rings. The molecule has 1 saturated heterocycles. The lowest BCUT2D eigenvalue weighted by Crippen LogP contribution is -2.36. The molecule has 9 heteroatoms. The van der Waals surface area contributed by atoms with E-state index in [-0.39, 0.29) is 17.5 Å². The molecule has 0 saturated carbocycles. The maximum Gasteiger partial charge on any atom is 0.261 e. The minimum atomic E-state index is -0.241. The van der Waals surface area contributed by atoms with Gasteiger partial charge >= 0.3 is 0 Å². The summed E-state index contributed by atoms with van der Waals surface area (Å²) >= 11 is 0. The van der Waals surface area contributed by atoms with Crippen LogP contribution in [0.1, 0.15) is 44.2 Å². The van der Waals surface area contributed by atoms with Crippen LogP contribution in [0.4, 0.5) is 11.4 Å². The Morgan fingerprint density at radius 1 is 0.974 bits per heavy atom. The number of para-hydroxylation sites is 1. The van der Waals surface area contributed by atoms with Gasteiger partial charge in [-0.3, -0.25) is 4.79 Å². The molecule has 0 radical (unpaired) electrons. The first-order chi connectivity index (χ1) is 18.5. The highest BCUT2D eigenvalue weighted by molar-refractivity contribution is 5.99. The number of rotatable bonds is 6. The molecule has 0 unspecified atom stereocenters. The Labute approximate surface area is 220 Å². The highest BCUT2D eigenvalue weighted by atomic mass is 16.5. The van der Waals surface area contributed by atoms with Crippen molar-refractivity contribution in [2.75, 3.05) is 36.5 Å². The molecule has 4 heterocycles. The van der Waals surface area contributed by atoms with E-state index >= 15 is 0 Å². The monoisotopic (exact) mass is 509 g/mol. The van der Waals surface area contributed by atoms with Gasteiger partial charge < -0.3 is 24.9 Å². The van der Waals surface area contributed by atoms with Crippen LogP contribution in [0, 0.1) is 0 Å². The van der Waals surface area contributed by atoms with Gasteiger partial charge in [-0.25, -0.2) is 15.0 Å². The standard InChI is InChI=1S/C29H31N7O2/c1-17(2)21-10-11-30-27(32-21)18(3)31-26-20-6-4-5-7-22(20)35-29(37)25(26)28-33-23-9-8-19(16-24(23)34-28)36-12-14-38-15-13-36/h4-11,16-18H,12-15H2,1-3H3,(H,33,34)(H2,31,35,37)/t18-/m1/s1. The zero-order valence-corrected chi connectivity index (χ0v) is 21.8. The van der Waals surface area contributed by atoms with Gasteiger partial charge in [0.2, 0.25) is 0 Å². The number of pyridine rings is 1. The number of benzene rings is 2. The fourth-order valence-corrected chi connectivity index (χ4v) is 4.95. The molecule has 6 rings (SSSR count). The number of hydrogen-bond donors (Lipinski definition) is 3. The molecule has 0 bridgehead atoms. The summed E-state index contributed by atoms with van der Waals surface area (Å²) in [7, 11) is 0. The molecule has 1 aliphatic heterocycles. The molecule has 2 aromatic carbocycles. The van der Waals surface area contributed by atoms with Gasteiger partial charge in [0, 0.05) is 36.1 Å². The van der Waals surface area contributed by atoms with Crippen LogP contribution in [0.3, 0.4) is 0 Å². The molecule has 38 heavy (non-hydrogen) atoms. The van der Waals surface area contributed by atoms with Crippen LogP contribution in [0.2, 0.25) is 0 Å². The minimum Gasteiger partial charge on any atom is -0.378 e. The van der Waals surface area contributed by atoms with E-state index in [4.69, 9.17) is 14.7 Å². The van der Waals surface area contributed by atoms with Gasteiger partial charge in [0.1, 0.15) is 17.2 Å². The van der Waals surface area contributed by atoms with Crippen molar-refractivity contribution in [2.24, 2.45) is 0 Å². The first kappa shape index (κ1) is 24.1. The van der Waals surface area contributed by atoms with Crippen molar-refractivity contribution in [3.63, 3.8) is 0 Å². The second-order valence-electron chi connectivity index (χ2n) is 10.00. The lowest BCUT2D eigenvalue weighted by Gasteiger charge is -2.28. The number of anilines is 2. The second-order valence-corrected chi connectivity index (χ2v) is 10.00. The number of fused-ring (bicyclic) bond motifs is 2. The average Bonchev–Trinajstić information content (AvgIpc) is 3.36. The molecule has 0 amide bonds. The van der Waals surface area contributed by atoms with Gasteiger partial charge in [0.05, 0.1) is 41.5 Å². The number of nitrogens with one attached hydrogen (secondary N) is 3. The quantitative estimate of drug-likeness (QED) is 0.295. The van der Waals surface area contributed by atoms with E-state index in [1.807, 2.05) is 43.3 Å². The lowest BCUT2D eigenvalue weighted by atomic mass is 10.1. The Hall–Kier alpha value is -4.24. The highest BCUT2D eigenvalue weighted by Gasteiger charge is 2.21. The molecule has 194 valence electrons. The topological polar surface area (TPSA) is 112 Å². The molecule has 3 N–H and O–H groups in total. The predicted molar refractivity (Wildman–Crippen MR) is 151 cm³/mol. The van der Waals surface area contributed by atoms with E-state index < -0.39 is 0 Å². The summed E-state index contributed by atoms with van der Waals surface area (Å²) in [6, 6.07) is 15.6. The third-order valence-corrected chi connectivity index (χ3v) is 7.04. The van der Waals surface area contributed by atoms with E-state index in [2.05, 4.69) is 51.1 Å². The van der Waals surface area contributed by atoms with E-state index in [1.165, 1.54) is 0 Å². The van der Waals surface area contributed by atoms with Crippen LogP contribution < -0.4 is 15.8 Å². The molecular weight excluding hydrogens is 478 g/mol. The zero-order chi connectivity index (χ0) is 26.2. The van der Waals surface area contributed by atoms with Gasteiger partial charge in [0.25, 0.3) is 5.56 Å². The first-order valence-electron chi connectivity index (χ1n) is 13.0. The second kappa shape index (κ2) is 9.90. The smallest absolute Gasteiger partial charge is 0.261 e. The number of imidazole rings is 1. The van der Waals surface area contributed by atoms with Crippen molar-refractivity contribution in [2.45, 2.75) is 32.7 Å². The zero-order valence-electron chi connectivity index (χ0n) is 21.8. The molecule has 9 nitrogen and oxygen atoms in total. The number of aromatic amines is 2. The lowest BCUT2D eigenvalue weighted by molar-refractivity contribution is 0.122. The van der Waals surface area contributed by atoms with Crippen LogP contribution >= 0.6 is 0 Å². The van der Waals surface area contributed by atoms with Crippen molar-refractivity contribution < 1.29 is 4.74 Å². The number of ether oxygens (including phenoxy) is 1. The molecule has 3 aromatic heterocycles. The Balaban J connectivity index is 1.45. The average molecular weight is 510 g/mol. The fourth-order valence-electron chi connectivity index (χ4n) is 4.95. The molecule has 0 spiro atoms. The van der Waals surface area contributed by atoms with Crippen LogP contribution in [-0.4, -0.2) is 51.2 Å². The Morgan fingerprint density at radius 3 is 2.61 bits per heavy atom. The number of nitrogens with zero attached hydrogens (tertiary/aromatic N) is 4. The van der Waals surface area contributed by atoms with E-state index in [0.29, 0.717) is 22.9 Å². The summed E-state index contributed by atoms with van der Waals surface area (Å²) in [5, 5.41) is 4.45. The Morgan fingerprint density at radius 2 is 1.79 bits per heavy atom. The number of morpholine rings is 1. The molecule has 1 atom stereocenters. The highest BCUT2D eigenvalue weighted by Crippen LogP contribution is 2.33. The molecular formula is C29H31N7O2. The normalized spacial score (nSPS) is 14.9.